The fourth-order valence-electron chi connectivity index (χ4n) is 3.50. The van der Waals surface area contributed by atoms with E-state index < -0.39 is 0 Å². The summed E-state index contributed by atoms with van der Waals surface area (Å²) in [5.74, 6) is 0.151. The lowest BCUT2D eigenvalue weighted by Crippen LogP contribution is -2.41. The van der Waals surface area contributed by atoms with E-state index in [0.717, 1.165) is 62.0 Å². The predicted octanol–water partition coefficient (Wildman–Crippen LogP) is 2.51. The molecule has 3 rings (SSSR count). The van der Waals surface area contributed by atoms with E-state index in [1.807, 2.05) is 13.0 Å². The molecule has 140 valence electrons. The van der Waals surface area contributed by atoms with Crippen LogP contribution in [0.5, 0.6) is 0 Å². The van der Waals surface area contributed by atoms with Crippen molar-refractivity contribution in [3.8, 4) is 5.69 Å². The Hall–Kier alpha value is -1.95. The number of hydrogen-bond acceptors (Lipinski definition) is 4. The van der Waals surface area contributed by atoms with Crippen LogP contribution in [-0.2, 0) is 4.74 Å². The van der Waals surface area contributed by atoms with Crippen molar-refractivity contribution in [2.75, 3.05) is 45.9 Å². The first-order valence-electron chi connectivity index (χ1n) is 9.36. The molecule has 2 aromatic rings. The lowest BCUT2D eigenvalue weighted by molar-refractivity contribution is 0.0384. The van der Waals surface area contributed by atoms with Crippen LogP contribution in [0.3, 0.4) is 0 Å². The van der Waals surface area contributed by atoms with E-state index >= 15 is 0 Å². The Morgan fingerprint density at radius 2 is 1.81 bits per heavy atom. The van der Waals surface area contributed by atoms with Gasteiger partial charge in [0.1, 0.15) is 0 Å². The number of ether oxygens (including phenoxy) is 1. The van der Waals surface area contributed by atoms with E-state index in [9.17, 15) is 4.79 Å². The van der Waals surface area contributed by atoms with Crippen molar-refractivity contribution >= 4 is 5.78 Å². The fraction of sp³-hybridized carbons (Fsp3) is 0.476. The number of Topliss-reactive ketones (excluding diaryl/α,β-unsaturated/α-hetero) is 1. The average Bonchev–Trinajstić information content (AvgIpc) is 2.95. The minimum atomic E-state index is 0.151. The highest BCUT2D eigenvalue weighted by Crippen LogP contribution is 2.21. The number of aryl methyl sites for hydroxylation is 2. The summed E-state index contributed by atoms with van der Waals surface area (Å²) in [4.78, 5) is 15.0. The fourth-order valence-corrected chi connectivity index (χ4v) is 3.50. The van der Waals surface area contributed by atoms with Crippen LogP contribution in [0.1, 0.15) is 27.3 Å². The standard InChI is InChI=1S/C21H29N3O2/c1-16-4-6-19(7-5-16)24-17(2)14-20(18(24)3)21(25)15-22-8-9-23-10-12-26-13-11-23/h4-7,14,22H,8-13,15H2,1-3H3. The highest BCUT2D eigenvalue weighted by atomic mass is 16.5. The smallest absolute Gasteiger partial charge is 0.178 e. The van der Waals surface area contributed by atoms with Gasteiger partial charge in [-0.3, -0.25) is 9.69 Å². The second-order valence-corrected chi connectivity index (χ2v) is 7.01. The maximum Gasteiger partial charge on any atom is 0.178 e. The zero-order valence-corrected chi connectivity index (χ0v) is 16.0. The molecule has 2 heterocycles. The van der Waals surface area contributed by atoms with Crippen LogP contribution in [0.25, 0.3) is 5.69 Å². The molecule has 1 saturated heterocycles. The van der Waals surface area contributed by atoms with Gasteiger partial charge in [0.25, 0.3) is 0 Å². The topological polar surface area (TPSA) is 46.5 Å². The number of hydrogen-bond donors (Lipinski definition) is 1. The first-order chi connectivity index (χ1) is 12.6. The number of nitrogens with zero attached hydrogens (tertiary/aromatic N) is 2. The number of carbonyl (C=O) groups is 1. The van der Waals surface area contributed by atoms with E-state index in [1.165, 1.54) is 5.56 Å². The Balaban J connectivity index is 1.59. The van der Waals surface area contributed by atoms with E-state index in [2.05, 4.69) is 52.9 Å². The van der Waals surface area contributed by atoms with Gasteiger partial charge in [-0.05, 0) is 39.0 Å². The maximum absolute atomic E-state index is 12.7. The molecule has 1 aromatic carbocycles. The van der Waals surface area contributed by atoms with Crippen molar-refractivity contribution in [3.05, 3.63) is 52.8 Å². The van der Waals surface area contributed by atoms with Gasteiger partial charge in [0.2, 0.25) is 0 Å². The Kier molecular flexibility index (Phi) is 6.25. The Morgan fingerprint density at radius 1 is 1.12 bits per heavy atom. The zero-order chi connectivity index (χ0) is 18.5. The molecule has 1 aliphatic heterocycles. The quantitative estimate of drug-likeness (QED) is 0.612. The van der Waals surface area contributed by atoms with Crippen LogP contribution < -0.4 is 5.32 Å². The van der Waals surface area contributed by atoms with Gasteiger partial charge in [0, 0.05) is 48.8 Å². The molecule has 1 N–H and O–H groups in total. The Bertz CT molecular complexity index is 743. The SMILES string of the molecule is Cc1ccc(-n2c(C)cc(C(=O)CNCCN3CCOCC3)c2C)cc1. The van der Waals surface area contributed by atoms with E-state index in [4.69, 9.17) is 4.74 Å². The number of ketones is 1. The van der Waals surface area contributed by atoms with Gasteiger partial charge < -0.3 is 14.6 Å². The lowest BCUT2D eigenvalue weighted by Gasteiger charge is -2.26. The molecular weight excluding hydrogens is 326 g/mol. The molecule has 0 amide bonds. The van der Waals surface area contributed by atoms with Crippen LogP contribution in [-0.4, -0.2) is 61.2 Å². The van der Waals surface area contributed by atoms with Crippen molar-refractivity contribution in [3.63, 3.8) is 0 Å². The summed E-state index contributed by atoms with van der Waals surface area (Å²) in [6.45, 7) is 11.9. The number of nitrogens with one attached hydrogen (secondary N) is 1. The minimum absolute atomic E-state index is 0.151. The molecule has 1 aromatic heterocycles. The molecule has 0 atom stereocenters. The Labute approximate surface area is 156 Å². The van der Waals surface area contributed by atoms with Crippen LogP contribution in [0.2, 0.25) is 0 Å². The highest BCUT2D eigenvalue weighted by molar-refractivity contribution is 5.99. The van der Waals surface area contributed by atoms with Crippen LogP contribution >= 0.6 is 0 Å². The molecule has 0 unspecified atom stereocenters. The van der Waals surface area contributed by atoms with Crippen molar-refractivity contribution in [2.45, 2.75) is 20.8 Å². The average molecular weight is 355 g/mol. The number of benzene rings is 1. The van der Waals surface area contributed by atoms with Crippen LogP contribution in [0.4, 0.5) is 0 Å². The summed E-state index contributed by atoms with van der Waals surface area (Å²) < 4.78 is 7.51. The second kappa shape index (κ2) is 8.62. The third kappa shape index (κ3) is 4.41. The monoisotopic (exact) mass is 355 g/mol. The Morgan fingerprint density at radius 3 is 2.50 bits per heavy atom. The summed E-state index contributed by atoms with van der Waals surface area (Å²) in [6, 6.07) is 10.4. The van der Waals surface area contributed by atoms with Gasteiger partial charge in [-0.1, -0.05) is 17.7 Å². The molecule has 0 saturated carbocycles. The lowest BCUT2D eigenvalue weighted by atomic mass is 10.1. The minimum Gasteiger partial charge on any atom is -0.379 e. The van der Waals surface area contributed by atoms with Crippen molar-refractivity contribution in [1.82, 2.24) is 14.8 Å². The van der Waals surface area contributed by atoms with Gasteiger partial charge in [-0.25, -0.2) is 0 Å². The van der Waals surface area contributed by atoms with Crippen molar-refractivity contribution < 1.29 is 9.53 Å². The summed E-state index contributed by atoms with van der Waals surface area (Å²) in [7, 11) is 0. The van der Waals surface area contributed by atoms with Crippen molar-refractivity contribution in [2.24, 2.45) is 0 Å². The third-order valence-electron chi connectivity index (χ3n) is 5.02. The molecule has 1 fully saturated rings. The first kappa shape index (κ1) is 18.8. The van der Waals surface area contributed by atoms with Gasteiger partial charge in [-0.15, -0.1) is 0 Å². The summed E-state index contributed by atoms with van der Waals surface area (Å²) in [5, 5.41) is 3.29. The molecule has 0 aliphatic carbocycles. The van der Waals surface area contributed by atoms with Crippen molar-refractivity contribution in [1.29, 1.82) is 0 Å². The number of aromatic nitrogens is 1. The summed E-state index contributed by atoms with van der Waals surface area (Å²) in [6.07, 6.45) is 0. The normalized spacial score (nSPS) is 15.3. The van der Waals surface area contributed by atoms with Crippen LogP contribution in [0, 0.1) is 20.8 Å². The number of rotatable bonds is 7. The summed E-state index contributed by atoms with van der Waals surface area (Å²) in [5.41, 5.74) is 5.23. The molecule has 5 nitrogen and oxygen atoms in total. The molecule has 0 radical (unpaired) electrons. The maximum atomic E-state index is 12.7. The third-order valence-corrected chi connectivity index (χ3v) is 5.02. The van der Waals surface area contributed by atoms with Gasteiger partial charge in [-0.2, -0.15) is 0 Å². The molecule has 26 heavy (non-hydrogen) atoms. The van der Waals surface area contributed by atoms with Crippen LogP contribution in [0.15, 0.2) is 30.3 Å². The number of morpholine rings is 1. The summed E-state index contributed by atoms with van der Waals surface area (Å²) >= 11 is 0. The molecular formula is C21H29N3O2. The van der Waals surface area contributed by atoms with E-state index in [1.54, 1.807) is 0 Å². The molecule has 5 heteroatoms. The van der Waals surface area contributed by atoms with Gasteiger partial charge in [0.15, 0.2) is 5.78 Å². The molecule has 0 spiro atoms. The number of carbonyl (C=O) groups excluding carboxylic acids is 1. The van der Waals surface area contributed by atoms with Gasteiger partial charge in [0.05, 0.1) is 19.8 Å². The largest absolute Gasteiger partial charge is 0.379 e. The van der Waals surface area contributed by atoms with E-state index in [-0.39, 0.29) is 5.78 Å². The van der Waals surface area contributed by atoms with Gasteiger partial charge >= 0.3 is 0 Å². The predicted molar refractivity (Wildman–Crippen MR) is 104 cm³/mol. The zero-order valence-electron chi connectivity index (χ0n) is 16.0. The van der Waals surface area contributed by atoms with E-state index in [0.29, 0.717) is 6.54 Å². The molecule has 0 bridgehead atoms. The highest BCUT2D eigenvalue weighted by Gasteiger charge is 2.16. The first-order valence-corrected chi connectivity index (χ1v) is 9.36. The second-order valence-electron chi connectivity index (χ2n) is 7.01. The molecule has 1 aliphatic rings.